The van der Waals surface area contributed by atoms with Crippen molar-refractivity contribution < 1.29 is 17.9 Å². The maximum atomic E-state index is 12.2. The lowest BCUT2D eigenvalue weighted by Crippen LogP contribution is -2.42. The molecule has 1 heterocycles. The minimum Gasteiger partial charge on any atom is -0.378 e. The van der Waals surface area contributed by atoms with Gasteiger partial charge in [-0.1, -0.05) is 17.7 Å². The summed E-state index contributed by atoms with van der Waals surface area (Å²) >= 11 is 0. The number of nitrogens with one attached hydrogen (secondary N) is 1. The van der Waals surface area contributed by atoms with E-state index < -0.39 is 16.1 Å². The average Bonchev–Trinajstić information content (AvgIpc) is 2.53. The Morgan fingerprint density at radius 2 is 2.00 bits per heavy atom. The minimum absolute atomic E-state index is 0.0838. The molecule has 1 aromatic carbocycles. The Morgan fingerprint density at radius 3 is 2.61 bits per heavy atom. The number of aryl methyl sites for hydroxylation is 1. The summed E-state index contributed by atoms with van der Waals surface area (Å²) in [5.74, 6) is 0. The van der Waals surface area contributed by atoms with Crippen LogP contribution in [0.1, 0.15) is 31.2 Å². The van der Waals surface area contributed by atoms with E-state index in [1.165, 1.54) is 17.0 Å². The molecular weight excluding hydrogens is 316 g/mol. The second-order valence-electron chi connectivity index (χ2n) is 5.92. The number of hydrogen-bond acceptors (Lipinski definition) is 4. The molecule has 0 bridgehead atoms. The largest absolute Gasteiger partial charge is 0.378 e. The van der Waals surface area contributed by atoms with Crippen LogP contribution < -0.4 is 4.72 Å². The third-order valence-electron chi connectivity index (χ3n) is 3.96. The van der Waals surface area contributed by atoms with Gasteiger partial charge in [0.1, 0.15) is 0 Å². The number of amides is 2. The highest BCUT2D eigenvalue weighted by atomic mass is 32.2. The third kappa shape index (κ3) is 5.21. The van der Waals surface area contributed by atoms with Crippen LogP contribution in [0, 0.1) is 6.92 Å². The van der Waals surface area contributed by atoms with Gasteiger partial charge < -0.3 is 9.64 Å². The second kappa shape index (κ2) is 7.79. The Bertz CT molecular complexity index is 622. The summed E-state index contributed by atoms with van der Waals surface area (Å²) in [5.41, 5.74) is 0.958. The van der Waals surface area contributed by atoms with E-state index in [9.17, 15) is 13.2 Å². The normalized spacial score (nSPS) is 18.4. The van der Waals surface area contributed by atoms with Crippen molar-refractivity contribution in [1.82, 2.24) is 9.62 Å². The van der Waals surface area contributed by atoms with Crippen LogP contribution in [0.25, 0.3) is 0 Å². The smallest absolute Gasteiger partial charge is 0.331 e. The van der Waals surface area contributed by atoms with Gasteiger partial charge in [-0.05, 0) is 44.7 Å². The summed E-state index contributed by atoms with van der Waals surface area (Å²) in [7, 11) is -2.25. The van der Waals surface area contributed by atoms with Crippen LogP contribution in [-0.4, -0.2) is 45.7 Å². The van der Waals surface area contributed by atoms with Crippen LogP contribution in [0.5, 0.6) is 0 Å². The summed E-state index contributed by atoms with van der Waals surface area (Å²) in [6, 6.07) is 5.75. The molecule has 1 aromatic rings. The molecule has 2 amide bonds. The number of carbonyl (C=O) groups is 1. The number of sulfonamides is 1. The summed E-state index contributed by atoms with van der Waals surface area (Å²) in [6.07, 6.45) is 4.10. The summed E-state index contributed by atoms with van der Waals surface area (Å²) in [6.45, 7) is 3.10. The van der Waals surface area contributed by atoms with E-state index in [4.69, 9.17) is 4.74 Å². The Balaban J connectivity index is 1.87. The van der Waals surface area contributed by atoms with Crippen LogP contribution in [0.3, 0.4) is 0 Å². The van der Waals surface area contributed by atoms with Gasteiger partial charge >= 0.3 is 6.03 Å². The van der Waals surface area contributed by atoms with Gasteiger partial charge in [0.25, 0.3) is 10.0 Å². The lowest BCUT2D eigenvalue weighted by atomic mass is 10.1. The summed E-state index contributed by atoms with van der Waals surface area (Å²) < 4.78 is 32.1. The monoisotopic (exact) mass is 340 g/mol. The Labute approximate surface area is 137 Å². The van der Waals surface area contributed by atoms with Gasteiger partial charge in [-0.3, -0.25) is 0 Å². The molecule has 2 rings (SSSR count). The predicted octanol–water partition coefficient (Wildman–Crippen LogP) is 2.28. The molecule has 1 saturated heterocycles. The zero-order valence-corrected chi connectivity index (χ0v) is 14.4. The number of hydrogen-bond donors (Lipinski definition) is 1. The maximum absolute atomic E-state index is 12.2. The Kier molecular flexibility index (Phi) is 6.01. The van der Waals surface area contributed by atoms with Crippen molar-refractivity contribution in [3.63, 3.8) is 0 Å². The molecule has 0 aliphatic carbocycles. The van der Waals surface area contributed by atoms with Gasteiger partial charge in [0, 0.05) is 20.2 Å². The number of nitrogens with zero attached hydrogens (tertiary/aromatic N) is 1. The third-order valence-corrected chi connectivity index (χ3v) is 5.30. The molecule has 1 aliphatic rings. The van der Waals surface area contributed by atoms with Gasteiger partial charge in [0.15, 0.2) is 0 Å². The van der Waals surface area contributed by atoms with Crippen LogP contribution in [-0.2, 0) is 14.8 Å². The van der Waals surface area contributed by atoms with Crippen molar-refractivity contribution in [2.75, 3.05) is 20.2 Å². The molecule has 7 heteroatoms. The molecule has 1 atom stereocenters. The lowest BCUT2D eigenvalue weighted by molar-refractivity contribution is 0.00836. The Morgan fingerprint density at radius 1 is 1.30 bits per heavy atom. The van der Waals surface area contributed by atoms with Crippen molar-refractivity contribution in [1.29, 1.82) is 0 Å². The first-order valence-corrected chi connectivity index (χ1v) is 9.33. The van der Waals surface area contributed by atoms with Gasteiger partial charge in [-0.15, -0.1) is 0 Å². The molecule has 6 nitrogen and oxygen atoms in total. The van der Waals surface area contributed by atoms with Crippen LogP contribution in [0.2, 0.25) is 0 Å². The molecule has 1 N–H and O–H groups in total. The molecule has 1 fully saturated rings. The average molecular weight is 340 g/mol. The minimum atomic E-state index is -3.84. The van der Waals surface area contributed by atoms with E-state index in [0.29, 0.717) is 13.0 Å². The van der Waals surface area contributed by atoms with E-state index in [2.05, 4.69) is 4.72 Å². The fourth-order valence-electron chi connectivity index (χ4n) is 2.44. The van der Waals surface area contributed by atoms with Crippen molar-refractivity contribution >= 4 is 16.1 Å². The van der Waals surface area contributed by atoms with Crippen LogP contribution in [0.4, 0.5) is 4.79 Å². The quantitative estimate of drug-likeness (QED) is 0.892. The topological polar surface area (TPSA) is 75.7 Å². The SMILES string of the molecule is Cc1ccc(S(=O)(=O)NC(=O)N(C)CCC2CCCCO2)cc1. The number of urea groups is 1. The number of carbonyl (C=O) groups excluding carboxylic acids is 1. The van der Waals surface area contributed by atoms with Crippen molar-refractivity contribution in [3.05, 3.63) is 29.8 Å². The highest BCUT2D eigenvalue weighted by Crippen LogP contribution is 2.16. The maximum Gasteiger partial charge on any atom is 0.331 e. The van der Waals surface area contributed by atoms with E-state index in [0.717, 1.165) is 31.4 Å². The zero-order valence-electron chi connectivity index (χ0n) is 13.6. The Hall–Kier alpha value is -1.60. The fourth-order valence-corrected chi connectivity index (χ4v) is 3.44. The van der Waals surface area contributed by atoms with Crippen LogP contribution >= 0.6 is 0 Å². The molecule has 0 radical (unpaired) electrons. The standard InChI is InChI=1S/C16H24N2O4S/c1-13-6-8-15(9-7-13)23(20,21)17-16(19)18(2)11-10-14-5-3-4-12-22-14/h6-9,14H,3-5,10-12H2,1-2H3,(H,17,19). The summed E-state index contributed by atoms with van der Waals surface area (Å²) in [5, 5.41) is 0. The van der Waals surface area contributed by atoms with Gasteiger partial charge in [0.05, 0.1) is 11.0 Å². The molecule has 1 aliphatic heterocycles. The molecule has 128 valence electrons. The fraction of sp³-hybridized carbons (Fsp3) is 0.562. The van der Waals surface area contributed by atoms with Crippen molar-refractivity contribution in [2.24, 2.45) is 0 Å². The first kappa shape index (κ1) is 17.7. The molecule has 1 unspecified atom stereocenters. The first-order valence-electron chi connectivity index (χ1n) is 7.84. The zero-order chi connectivity index (χ0) is 16.9. The number of benzene rings is 1. The first-order chi connectivity index (χ1) is 10.9. The van der Waals surface area contributed by atoms with Gasteiger partial charge in [-0.2, -0.15) is 0 Å². The van der Waals surface area contributed by atoms with E-state index in [1.54, 1.807) is 19.2 Å². The summed E-state index contributed by atoms with van der Waals surface area (Å²) in [4.78, 5) is 13.5. The predicted molar refractivity (Wildman–Crippen MR) is 87.7 cm³/mol. The number of ether oxygens (including phenoxy) is 1. The molecule has 0 saturated carbocycles. The highest BCUT2D eigenvalue weighted by Gasteiger charge is 2.21. The molecule has 0 spiro atoms. The van der Waals surface area contributed by atoms with Crippen LogP contribution in [0.15, 0.2) is 29.2 Å². The molecule has 0 aromatic heterocycles. The van der Waals surface area contributed by atoms with Crippen molar-refractivity contribution in [3.8, 4) is 0 Å². The van der Waals surface area contributed by atoms with E-state index in [-0.39, 0.29) is 11.0 Å². The molecular formula is C16H24N2O4S. The van der Waals surface area contributed by atoms with E-state index in [1.807, 2.05) is 6.92 Å². The molecule has 23 heavy (non-hydrogen) atoms. The lowest BCUT2D eigenvalue weighted by Gasteiger charge is -2.25. The van der Waals surface area contributed by atoms with Crippen molar-refractivity contribution in [2.45, 2.75) is 43.6 Å². The second-order valence-corrected chi connectivity index (χ2v) is 7.60. The van der Waals surface area contributed by atoms with E-state index >= 15 is 0 Å². The van der Waals surface area contributed by atoms with Gasteiger partial charge in [-0.25, -0.2) is 17.9 Å². The number of rotatable bonds is 5. The highest BCUT2D eigenvalue weighted by molar-refractivity contribution is 7.90. The van der Waals surface area contributed by atoms with Gasteiger partial charge in [0.2, 0.25) is 0 Å².